The Bertz CT molecular complexity index is 3360. The molecule has 0 unspecified atom stereocenters. The van der Waals surface area contributed by atoms with E-state index in [-0.39, 0.29) is 123 Å². The number of carbonyl (C=O) groups excluding carboxylic acids is 12. The van der Waals surface area contributed by atoms with E-state index in [2.05, 4.69) is 37.2 Å². The highest BCUT2D eigenvalue weighted by molar-refractivity contribution is 6.12. The van der Waals surface area contributed by atoms with Gasteiger partial charge in [-0.25, -0.2) is 9.59 Å². The number of benzene rings is 3. The largest absolute Gasteiger partial charge is 0.444 e. The van der Waals surface area contributed by atoms with Gasteiger partial charge in [0.1, 0.15) is 24.7 Å². The molecule has 2 heterocycles. The number of hydrogen-bond donors (Lipinski definition) is 8. The number of unbranched alkanes of at least 4 members (excludes halogenated alkanes) is 2. The van der Waals surface area contributed by atoms with Crippen molar-refractivity contribution in [1.82, 2.24) is 46.2 Å². The lowest BCUT2D eigenvalue weighted by atomic mass is 9.88. The van der Waals surface area contributed by atoms with Crippen molar-refractivity contribution in [3.63, 3.8) is 0 Å². The second-order valence-electron chi connectivity index (χ2n) is 28.3. The third-order valence-electron chi connectivity index (χ3n) is 19.7. The summed E-state index contributed by atoms with van der Waals surface area (Å²) in [5, 5.41) is 19.6. The van der Waals surface area contributed by atoms with Gasteiger partial charge in [-0.2, -0.15) is 0 Å². The Morgan fingerprint density at radius 2 is 1.25 bits per heavy atom. The van der Waals surface area contributed by atoms with Crippen molar-refractivity contribution < 1.29 is 71.7 Å². The minimum Gasteiger partial charge on any atom is -0.444 e. The average molecular weight is 1450 g/mol. The highest BCUT2D eigenvalue weighted by atomic mass is 16.5. The number of imide groups is 1. The van der Waals surface area contributed by atoms with E-state index in [4.69, 9.17) is 19.9 Å². The summed E-state index contributed by atoms with van der Waals surface area (Å²) < 4.78 is 17.8. The number of Topliss-reactive ketones (excluding diaryl/α,β-unsaturated/α-hetero) is 1. The van der Waals surface area contributed by atoms with Gasteiger partial charge in [-0.1, -0.05) is 136 Å². The lowest BCUT2D eigenvalue weighted by Gasteiger charge is -2.41. The molecule has 0 radical (unpaired) electrons. The molecular weight excluding hydrogens is 1330 g/mol. The van der Waals surface area contributed by atoms with Crippen LogP contribution in [-0.2, 0) is 81.6 Å². The molecule has 0 aromatic heterocycles. The fraction of sp³-hybridized carbons (Fsp3) is 0.584. The van der Waals surface area contributed by atoms with Crippen molar-refractivity contribution in [3.8, 4) is 0 Å². The molecule has 104 heavy (non-hydrogen) atoms. The molecule has 12 atom stereocenters. The SMILES string of the molecule is CC[C@@H](C)[C@H]([C@H](CC(=O)N1CCC[C@@H]1[C@@H](OC)[C@H](C)C(=O)N[C@H](Cc1ccccc1)C(=O)Cc1ccc(NC(=O)OCc2ccc(NC(=O)[C@H](CCCNC(N)=O)NC(=O)[C@@H](NC(=O)CCCCCN3C(=O)C=CC3=O)C(C)C)cc2)cc1)OC)N(C)C(=O)[C@H](NC(=O)[C@@H](C(C)C)N(C)C)[C@@H](C)CC. The summed E-state index contributed by atoms with van der Waals surface area (Å²) in [6.45, 7) is 17.8. The Balaban J connectivity index is 1.17. The summed E-state index contributed by atoms with van der Waals surface area (Å²) in [6, 6.07) is 16.3. The topological polar surface area (TPSA) is 356 Å². The first-order valence-corrected chi connectivity index (χ1v) is 36.5. The van der Waals surface area contributed by atoms with Crippen LogP contribution >= 0.6 is 0 Å². The number of amides is 12. The number of nitrogens with zero attached hydrogens (tertiary/aromatic N) is 4. The van der Waals surface area contributed by atoms with Crippen LogP contribution in [0.1, 0.15) is 150 Å². The smallest absolute Gasteiger partial charge is 0.411 e. The van der Waals surface area contributed by atoms with Crippen LogP contribution in [0.15, 0.2) is 91.0 Å². The van der Waals surface area contributed by atoms with Gasteiger partial charge in [0.15, 0.2) is 5.78 Å². The number of nitrogens with two attached hydrogens (primary N) is 1. The maximum atomic E-state index is 14.7. The van der Waals surface area contributed by atoms with Crippen LogP contribution in [0.5, 0.6) is 0 Å². The molecule has 0 aliphatic carbocycles. The summed E-state index contributed by atoms with van der Waals surface area (Å²) >= 11 is 0. The van der Waals surface area contributed by atoms with Crippen LogP contribution in [-0.4, -0.2) is 200 Å². The number of ether oxygens (including phenoxy) is 3. The van der Waals surface area contributed by atoms with Gasteiger partial charge in [-0.05, 0) is 124 Å². The number of likely N-dealkylation sites (N-methyl/N-ethyl adjacent to an activating group) is 2. The van der Waals surface area contributed by atoms with Crippen molar-refractivity contribution in [2.75, 3.05) is 65.6 Å². The zero-order chi connectivity index (χ0) is 76.9. The summed E-state index contributed by atoms with van der Waals surface area (Å²) in [7, 11) is 8.45. The third kappa shape index (κ3) is 26.0. The second kappa shape index (κ2) is 42.6. The maximum Gasteiger partial charge on any atom is 0.411 e. The molecule has 12 amide bonds. The minimum absolute atomic E-state index is 0.00623. The quantitative estimate of drug-likeness (QED) is 0.0213. The normalized spacial score (nSPS) is 16.8. The molecule has 2 aliphatic heterocycles. The first-order valence-electron chi connectivity index (χ1n) is 36.5. The number of primary amides is 1. The lowest BCUT2D eigenvalue weighted by molar-refractivity contribution is -0.148. The molecule has 9 N–H and O–H groups in total. The Morgan fingerprint density at radius 3 is 1.83 bits per heavy atom. The first kappa shape index (κ1) is 85.6. The summed E-state index contributed by atoms with van der Waals surface area (Å²) in [4.78, 5) is 167. The Hall–Kier alpha value is -9.08. The number of ketones is 1. The van der Waals surface area contributed by atoms with E-state index in [9.17, 15) is 57.5 Å². The summed E-state index contributed by atoms with van der Waals surface area (Å²) in [5.74, 6) is -5.18. The molecule has 3 aromatic carbocycles. The van der Waals surface area contributed by atoms with Crippen LogP contribution in [0, 0.1) is 29.6 Å². The van der Waals surface area contributed by atoms with E-state index < -0.39 is 90.3 Å². The van der Waals surface area contributed by atoms with Gasteiger partial charge in [0.2, 0.25) is 41.4 Å². The zero-order valence-electron chi connectivity index (χ0n) is 63.3. The van der Waals surface area contributed by atoms with Crippen molar-refractivity contribution >= 4 is 82.4 Å². The molecule has 3 aromatic rings. The number of carbonyl (C=O) groups is 12. The molecule has 572 valence electrons. The van der Waals surface area contributed by atoms with Gasteiger partial charge in [-0.3, -0.25) is 63.1 Å². The molecule has 0 saturated carbocycles. The van der Waals surface area contributed by atoms with E-state index >= 15 is 0 Å². The summed E-state index contributed by atoms with van der Waals surface area (Å²) in [6.07, 6.45) is 4.77. The average Bonchev–Trinajstić information content (AvgIpc) is 1.72. The number of urea groups is 1. The molecule has 27 heteroatoms. The van der Waals surface area contributed by atoms with Gasteiger partial charge < -0.3 is 61.6 Å². The standard InChI is InChI=1S/C77H114N12O15/c1-15-49(7)67(85-74(98)68(48(5)6)86(10)11)75(99)87(12)69(50(8)16-2)61(102-13)45-65(94)88-42-24-28-59(88)70(103-14)51(9)71(95)83-58(43-52-25-19-17-20-26-52)60(90)44-53-30-34-56(35-31-53)81-77(101)104-46-54-32-36-55(37-33-54)80-72(96)57(27-23-40-79-76(78)100)82-73(97)66(47(3)4)84-62(91)29-21-18-22-41-89-63(92)38-39-64(89)93/h17,19-20,25-26,30-39,47-51,57-59,61,66-70H,15-16,18,21-24,27-29,40-46H2,1-14H3,(H,80,96)(H,81,101)(H,82,97)(H,83,95)(H,84,91)(H,85,98)(H3,78,79,100)/t49-,50+,51-,57-,58+,59+,61-,66-,67+,68+,69+,70-/m0/s1. The van der Waals surface area contributed by atoms with E-state index in [1.54, 1.807) is 86.1 Å². The number of methoxy groups -OCH3 is 2. The molecule has 0 spiro atoms. The van der Waals surface area contributed by atoms with Gasteiger partial charge in [0.25, 0.3) is 11.8 Å². The van der Waals surface area contributed by atoms with E-state index in [0.29, 0.717) is 74.0 Å². The molecule has 27 nitrogen and oxygen atoms in total. The fourth-order valence-corrected chi connectivity index (χ4v) is 13.4. The van der Waals surface area contributed by atoms with Crippen LogP contribution < -0.4 is 43.0 Å². The van der Waals surface area contributed by atoms with E-state index in [1.807, 2.05) is 90.9 Å². The Labute approximate surface area is 613 Å². The van der Waals surface area contributed by atoms with Crippen LogP contribution in [0.25, 0.3) is 0 Å². The Morgan fingerprint density at radius 1 is 0.635 bits per heavy atom. The van der Waals surface area contributed by atoms with Crippen LogP contribution in [0.2, 0.25) is 0 Å². The number of nitrogens with one attached hydrogen (secondary N) is 7. The van der Waals surface area contributed by atoms with Crippen molar-refractivity contribution in [1.29, 1.82) is 0 Å². The summed E-state index contributed by atoms with van der Waals surface area (Å²) in [5.41, 5.74) is 8.00. The van der Waals surface area contributed by atoms with Gasteiger partial charge in [0.05, 0.1) is 48.7 Å². The molecule has 5 rings (SSSR count). The maximum absolute atomic E-state index is 14.7. The van der Waals surface area contributed by atoms with E-state index in [1.165, 1.54) is 26.4 Å². The van der Waals surface area contributed by atoms with Gasteiger partial charge in [-0.15, -0.1) is 0 Å². The van der Waals surface area contributed by atoms with Crippen LogP contribution in [0.3, 0.4) is 0 Å². The Kier molecular flexibility index (Phi) is 35.1. The van der Waals surface area contributed by atoms with Crippen molar-refractivity contribution in [2.45, 2.75) is 207 Å². The molecule has 2 aliphatic rings. The monoisotopic (exact) mass is 1450 g/mol. The molecule has 1 saturated heterocycles. The number of likely N-dealkylation sites (tertiary alicyclic amines) is 1. The van der Waals surface area contributed by atoms with Crippen LogP contribution in [0.4, 0.5) is 21.0 Å². The predicted octanol–water partition coefficient (Wildman–Crippen LogP) is 6.81. The number of anilines is 2. The molecule has 0 bridgehead atoms. The highest BCUT2D eigenvalue weighted by Crippen LogP contribution is 2.31. The van der Waals surface area contributed by atoms with E-state index in [0.717, 1.165) is 10.5 Å². The fourth-order valence-electron chi connectivity index (χ4n) is 13.4. The van der Waals surface area contributed by atoms with Crippen molar-refractivity contribution in [3.05, 3.63) is 108 Å². The predicted molar refractivity (Wildman–Crippen MR) is 396 cm³/mol. The second-order valence-corrected chi connectivity index (χ2v) is 28.3. The molecular formula is C77H114N12O15. The van der Waals surface area contributed by atoms with Crippen molar-refractivity contribution in [2.24, 2.45) is 35.3 Å². The molecule has 1 fully saturated rings. The minimum atomic E-state index is -1.09. The highest BCUT2D eigenvalue weighted by Gasteiger charge is 2.44. The zero-order valence-corrected chi connectivity index (χ0v) is 63.3. The van der Waals surface area contributed by atoms with Gasteiger partial charge >= 0.3 is 12.1 Å². The number of rotatable bonds is 43. The third-order valence-corrected chi connectivity index (χ3v) is 19.7. The van der Waals surface area contributed by atoms with Gasteiger partial charge in [0, 0.05) is 77.3 Å². The lowest BCUT2D eigenvalue weighted by Crippen LogP contribution is -2.60. The first-order chi connectivity index (χ1) is 49.4. The number of hydrogen-bond acceptors (Lipinski definition) is 16.